The Labute approximate surface area is 209 Å². The molecule has 1 atom stereocenters. The Morgan fingerprint density at radius 3 is 2.36 bits per heavy atom. The maximum Gasteiger partial charge on any atom is 0.418 e. The van der Waals surface area contributed by atoms with Crippen molar-refractivity contribution >= 4 is 40.4 Å². The van der Waals surface area contributed by atoms with Gasteiger partial charge in [-0.2, -0.15) is 0 Å². The lowest BCUT2D eigenvalue weighted by molar-refractivity contribution is -0.118. The fourth-order valence-corrected chi connectivity index (χ4v) is 3.76. The van der Waals surface area contributed by atoms with Crippen molar-refractivity contribution < 1.29 is 23.9 Å². The maximum absolute atomic E-state index is 12.9. The highest BCUT2D eigenvalue weighted by molar-refractivity contribution is 6.20. The first-order valence-electron chi connectivity index (χ1n) is 11.6. The van der Waals surface area contributed by atoms with Crippen molar-refractivity contribution in [2.75, 3.05) is 5.32 Å². The smallest absolute Gasteiger partial charge is 0.418 e. The van der Waals surface area contributed by atoms with Gasteiger partial charge < -0.3 is 14.8 Å². The molecule has 0 saturated carbocycles. The molecular weight excluding hydrogens is 460 g/mol. The third-order valence-electron chi connectivity index (χ3n) is 5.15. The maximum atomic E-state index is 12.9. The Kier molecular flexibility index (Phi) is 6.34. The number of hydrogen-bond acceptors (Lipinski definition) is 6. The summed E-state index contributed by atoms with van der Waals surface area (Å²) in [6.45, 7) is 10.7. The second-order valence-corrected chi connectivity index (χ2v) is 10.5. The number of rotatable bonds is 2. The number of hydrogen-bond donors (Lipinski definition) is 2. The first-order chi connectivity index (χ1) is 16.8. The van der Waals surface area contributed by atoms with Crippen LogP contribution in [0.15, 0.2) is 59.7 Å². The van der Waals surface area contributed by atoms with E-state index >= 15 is 0 Å². The number of amides is 2. The Morgan fingerprint density at radius 1 is 0.972 bits per heavy atom. The average molecular weight is 491 g/mol. The Morgan fingerprint density at radius 2 is 1.67 bits per heavy atom. The van der Waals surface area contributed by atoms with Crippen LogP contribution in [0, 0.1) is 0 Å². The molecule has 1 unspecified atom stereocenters. The van der Waals surface area contributed by atoms with Crippen molar-refractivity contribution in [1.82, 2.24) is 9.88 Å². The van der Waals surface area contributed by atoms with Gasteiger partial charge in [-0.05, 0) is 65.8 Å². The van der Waals surface area contributed by atoms with Gasteiger partial charge in [0.1, 0.15) is 11.2 Å². The van der Waals surface area contributed by atoms with Gasteiger partial charge in [0.15, 0.2) is 0 Å². The quantitative estimate of drug-likeness (QED) is 0.521. The third kappa shape index (κ3) is 5.56. The van der Waals surface area contributed by atoms with Crippen LogP contribution in [0.3, 0.4) is 0 Å². The van der Waals surface area contributed by atoms with Crippen LogP contribution in [0.2, 0.25) is 0 Å². The standard InChI is InChI=1S/C27H30N4O5/c1-26(2,3)35-24(33)30-22-23(32)28-19-10-8-7-9-18(19)21(29-22)17-11-12-20-16(15-17)13-14-31(20)25(34)36-27(4,5)6/h7-15,22H,1-6H3,(H,28,32)(H,30,33). The summed E-state index contributed by atoms with van der Waals surface area (Å²) < 4.78 is 12.3. The van der Waals surface area contributed by atoms with Gasteiger partial charge in [-0.1, -0.05) is 24.3 Å². The van der Waals surface area contributed by atoms with E-state index in [-0.39, 0.29) is 0 Å². The molecule has 3 aromatic rings. The number of carbonyl (C=O) groups excluding carboxylic acids is 3. The second-order valence-electron chi connectivity index (χ2n) is 10.5. The molecule has 0 bridgehead atoms. The van der Waals surface area contributed by atoms with Gasteiger partial charge >= 0.3 is 12.2 Å². The largest absolute Gasteiger partial charge is 0.444 e. The fourth-order valence-electron chi connectivity index (χ4n) is 3.76. The number of para-hydroxylation sites is 1. The molecule has 4 rings (SSSR count). The molecular formula is C27H30N4O5. The van der Waals surface area contributed by atoms with Crippen molar-refractivity contribution in [3.8, 4) is 0 Å². The summed E-state index contributed by atoms with van der Waals surface area (Å²) in [4.78, 5) is 42.6. The van der Waals surface area contributed by atoms with E-state index in [1.807, 2.05) is 57.2 Å². The van der Waals surface area contributed by atoms with E-state index in [9.17, 15) is 14.4 Å². The van der Waals surface area contributed by atoms with Crippen LogP contribution in [0.25, 0.3) is 10.9 Å². The average Bonchev–Trinajstić information content (AvgIpc) is 3.12. The van der Waals surface area contributed by atoms with Crippen molar-refractivity contribution in [3.05, 3.63) is 65.9 Å². The SMILES string of the molecule is CC(C)(C)OC(=O)NC1N=C(c2ccc3c(ccn3C(=O)OC(C)(C)C)c2)c2ccccc2NC1=O. The van der Waals surface area contributed by atoms with Gasteiger partial charge in [-0.3, -0.25) is 14.7 Å². The van der Waals surface area contributed by atoms with Crippen LogP contribution in [-0.2, 0) is 14.3 Å². The Hall–Kier alpha value is -4.14. The van der Waals surface area contributed by atoms with Crippen LogP contribution >= 0.6 is 0 Å². The highest BCUT2D eigenvalue weighted by atomic mass is 16.6. The number of nitrogens with zero attached hydrogens (tertiary/aromatic N) is 2. The molecule has 1 aliphatic rings. The number of anilines is 1. The van der Waals surface area contributed by atoms with E-state index < -0.39 is 35.5 Å². The lowest BCUT2D eigenvalue weighted by Gasteiger charge is -2.21. The number of fused-ring (bicyclic) bond motifs is 2. The van der Waals surface area contributed by atoms with Crippen LogP contribution in [-0.4, -0.2) is 45.7 Å². The lowest BCUT2D eigenvalue weighted by atomic mass is 9.99. The van der Waals surface area contributed by atoms with Gasteiger partial charge in [0.05, 0.1) is 16.9 Å². The van der Waals surface area contributed by atoms with E-state index in [4.69, 9.17) is 9.47 Å². The van der Waals surface area contributed by atoms with E-state index in [1.54, 1.807) is 39.1 Å². The summed E-state index contributed by atoms with van der Waals surface area (Å²) in [5.74, 6) is -0.486. The summed E-state index contributed by atoms with van der Waals surface area (Å²) in [5, 5.41) is 6.17. The zero-order chi connectivity index (χ0) is 26.3. The number of alkyl carbamates (subject to hydrolysis) is 1. The molecule has 0 fully saturated rings. The summed E-state index contributed by atoms with van der Waals surface area (Å²) in [6.07, 6.45) is -0.770. The summed E-state index contributed by atoms with van der Waals surface area (Å²) in [7, 11) is 0. The van der Waals surface area contributed by atoms with Crippen LogP contribution in [0.5, 0.6) is 0 Å². The number of aromatic nitrogens is 1. The number of aliphatic imine (C=N–C) groups is 1. The fraction of sp³-hybridized carbons (Fsp3) is 0.333. The molecule has 0 aliphatic carbocycles. The number of carbonyl (C=O) groups is 3. The minimum atomic E-state index is -1.20. The van der Waals surface area contributed by atoms with E-state index in [2.05, 4.69) is 15.6 Å². The van der Waals surface area contributed by atoms with Gasteiger partial charge in [0, 0.05) is 22.7 Å². The minimum absolute atomic E-state index is 0.473. The molecule has 0 radical (unpaired) electrons. The Bertz CT molecular complexity index is 1370. The van der Waals surface area contributed by atoms with E-state index in [1.165, 1.54) is 4.57 Å². The zero-order valence-corrected chi connectivity index (χ0v) is 21.2. The number of benzodiazepines with no additional fused rings is 1. The van der Waals surface area contributed by atoms with Crippen LogP contribution in [0.4, 0.5) is 15.3 Å². The molecule has 188 valence electrons. The minimum Gasteiger partial charge on any atom is -0.444 e. The van der Waals surface area contributed by atoms with Crippen molar-refractivity contribution in [3.63, 3.8) is 0 Å². The van der Waals surface area contributed by atoms with Crippen molar-refractivity contribution in [1.29, 1.82) is 0 Å². The predicted octanol–water partition coefficient (Wildman–Crippen LogP) is 5.06. The lowest BCUT2D eigenvalue weighted by Crippen LogP contribution is -2.44. The van der Waals surface area contributed by atoms with Crippen LogP contribution < -0.4 is 10.6 Å². The zero-order valence-electron chi connectivity index (χ0n) is 21.2. The molecule has 0 saturated heterocycles. The van der Waals surface area contributed by atoms with E-state index in [0.29, 0.717) is 28.0 Å². The van der Waals surface area contributed by atoms with Gasteiger partial charge in [0.25, 0.3) is 5.91 Å². The molecule has 0 spiro atoms. The third-order valence-corrected chi connectivity index (χ3v) is 5.15. The normalized spacial score (nSPS) is 15.9. The molecule has 2 N–H and O–H groups in total. The first kappa shape index (κ1) is 25.0. The van der Waals surface area contributed by atoms with Crippen LogP contribution in [0.1, 0.15) is 52.7 Å². The first-order valence-corrected chi connectivity index (χ1v) is 11.6. The molecule has 2 aromatic carbocycles. The molecule has 36 heavy (non-hydrogen) atoms. The van der Waals surface area contributed by atoms with Gasteiger partial charge in [0.2, 0.25) is 6.17 Å². The summed E-state index contributed by atoms with van der Waals surface area (Å²) in [6, 6.07) is 14.6. The van der Waals surface area contributed by atoms with Crippen molar-refractivity contribution in [2.45, 2.75) is 58.9 Å². The molecule has 2 heterocycles. The highest BCUT2D eigenvalue weighted by Crippen LogP contribution is 2.27. The van der Waals surface area contributed by atoms with Gasteiger partial charge in [-0.15, -0.1) is 0 Å². The molecule has 2 amide bonds. The van der Waals surface area contributed by atoms with Gasteiger partial charge in [-0.25, -0.2) is 14.6 Å². The molecule has 1 aliphatic heterocycles. The number of benzene rings is 2. The summed E-state index contributed by atoms with van der Waals surface area (Å²) >= 11 is 0. The second kappa shape index (κ2) is 9.14. The summed E-state index contributed by atoms with van der Waals surface area (Å²) in [5.41, 5.74) is 1.82. The molecule has 1 aromatic heterocycles. The molecule has 9 nitrogen and oxygen atoms in total. The predicted molar refractivity (Wildman–Crippen MR) is 137 cm³/mol. The number of nitrogens with one attached hydrogen (secondary N) is 2. The van der Waals surface area contributed by atoms with Crippen molar-refractivity contribution in [2.24, 2.45) is 4.99 Å². The number of ether oxygens (including phenoxy) is 2. The van der Waals surface area contributed by atoms with E-state index in [0.717, 1.165) is 5.39 Å². The highest BCUT2D eigenvalue weighted by Gasteiger charge is 2.29. The monoisotopic (exact) mass is 490 g/mol. The topological polar surface area (TPSA) is 111 Å². The Balaban J connectivity index is 1.74. The molecule has 9 heteroatoms.